The van der Waals surface area contributed by atoms with Gasteiger partial charge in [-0.05, 0) is 43.9 Å². The molecule has 0 saturated carbocycles. The Morgan fingerprint density at radius 1 is 1.27 bits per heavy atom. The summed E-state index contributed by atoms with van der Waals surface area (Å²) in [5.74, 6) is 0.507. The van der Waals surface area contributed by atoms with E-state index in [9.17, 15) is 14.9 Å². The van der Waals surface area contributed by atoms with Crippen LogP contribution in [0, 0.1) is 10.1 Å². The maximum Gasteiger partial charge on any atom is 0.269 e. The molecule has 0 aliphatic rings. The fourth-order valence-corrected chi connectivity index (χ4v) is 3.05. The number of carbonyl (C=O) groups excluding carboxylic acids is 1. The van der Waals surface area contributed by atoms with Crippen LogP contribution >= 0.6 is 0 Å². The Kier molecular flexibility index (Phi) is 6.43. The molecule has 9 heteroatoms. The summed E-state index contributed by atoms with van der Waals surface area (Å²) in [5.41, 5.74) is 2.05. The Bertz CT molecular complexity index is 1030. The normalized spacial score (nSPS) is 11.9. The first-order valence-electron chi connectivity index (χ1n) is 9.27. The number of nitro benzene ring substituents is 1. The quantitative estimate of drug-likeness (QED) is 0.453. The lowest BCUT2D eigenvalue weighted by Gasteiger charge is -2.25. The van der Waals surface area contributed by atoms with Crippen molar-refractivity contribution in [2.45, 2.75) is 6.04 Å². The van der Waals surface area contributed by atoms with Gasteiger partial charge in [0.2, 0.25) is 0 Å². The number of rotatable bonds is 8. The number of nitrogens with zero attached hydrogens (tertiary/aromatic N) is 4. The number of aromatic nitrogens is 2. The van der Waals surface area contributed by atoms with Crippen molar-refractivity contribution in [3.8, 4) is 11.4 Å². The molecule has 1 amide bonds. The number of carbonyl (C=O) groups is 1. The van der Waals surface area contributed by atoms with Gasteiger partial charge in [-0.1, -0.05) is 12.1 Å². The van der Waals surface area contributed by atoms with Crippen LogP contribution in [0.15, 0.2) is 60.9 Å². The van der Waals surface area contributed by atoms with Crippen LogP contribution in [0.1, 0.15) is 22.0 Å². The largest absolute Gasteiger partial charge is 0.497 e. The summed E-state index contributed by atoms with van der Waals surface area (Å²) < 4.78 is 6.79. The summed E-state index contributed by atoms with van der Waals surface area (Å²) in [7, 11) is 5.51. The van der Waals surface area contributed by atoms with Crippen molar-refractivity contribution in [2.24, 2.45) is 0 Å². The monoisotopic (exact) mass is 409 g/mol. The second-order valence-corrected chi connectivity index (χ2v) is 6.91. The zero-order valence-corrected chi connectivity index (χ0v) is 17.0. The lowest BCUT2D eigenvalue weighted by molar-refractivity contribution is -0.384. The summed E-state index contributed by atoms with van der Waals surface area (Å²) in [5, 5.41) is 17.9. The summed E-state index contributed by atoms with van der Waals surface area (Å²) >= 11 is 0. The molecular formula is C21H23N5O4. The van der Waals surface area contributed by atoms with Gasteiger partial charge >= 0.3 is 0 Å². The number of benzene rings is 2. The highest BCUT2D eigenvalue weighted by molar-refractivity contribution is 5.93. The molecule has 2 aromatic carbocycles. The van der Waals surface area contributed by atoms with E-state index in [2.05, 4.69) is 10.4 Å². The van der Waals surface area contributed by atoms with Gasteiger partial charge < -0.3 is 15.0 Å². The SMILES string of the molecule is COc1cccc(C(CNC(=O)c2cnn(-c3ccc([N+](=O)[O-])cc3)c2)N(C)C)c1. The number of hydrogen-bond acceptors (Lipinski definition) is 6. The Hall–Kier alpha value is -3.72. The molecule has 9 nitrogen and oxygen atoms in total. The minimum atomic E-state index is -0.463. The number of non-ortho nitro benzene ring substituents is 1. The first-order valence-corrected chi connectivity index (χ1v) is 9.27. The molecule has 0 bridgehead atoms. The molecule has 0 spiro atoms. The Morgan fingerprint density at radius 2 is 2.00 bits per heavy atom. The van der Waals surface area contributed by atoms with E-state index in [1.54, 1.807) is 25.4 Å². The zero-order valence-electron chi connectivity index (χ0n) is 17.0. The molecule has 1 unspecified atom stereocenters. The number of amides is 1. The molecule has 0 saturated heterocycles. The van der Waals surface area contributed by atoms with E-state index in [1.165, 1.54) is 23.0 Å². The summed E-state index contributed by atoms with van der Waals surface area (Å²) in [4.78, 5) is 25.0. The second kappa shape index (κ2) is 9.19. The van der Waals surface area contributed by atoms with Crippen molar-refractivity contribution in [3.63, 3.8) is 0 Å². The molecule has 0 radical (unpaired) electrons. The van der Waals surface area contributed by atoms with Gasteiger partial charge in [0.1, 0.15) is 5.75 Å². The predicted molar refractivity (Wildman–Crippen MR) is 112 cm³/mol. The smallest absolute Gasteiger partial charge is 0.269 e. The lowest BCUT2D eigenvalue weighted by atomic mass is 10.1. The van der Waals surface area contributed by atoms with Crippen molar-refractivity contribution in [2.75, 3.05) is 27.7 Å². The minimum Gasteiger partial charge on any atom is -0.497 e. The molecule has 1 aromatic heterocycles. The number of hydrogen-bond donors (Lipinski definition) is 1. The van der Waals surface area contributed by atoms with E-state index >= 15 is 0 Å². The van der Waals surface area contributed by atoms with E-state index in [0.29, 0.717) is 17.8 Å². The maximum atomic E-state index is 12.6. The zero-order chi connectivity index (χ0) is 21.7. The van der Waals surface area contributed by atoms with Crippen LogP contribution in [-0.4, -0.2) is 53.3 Å². The van der Waals surface area contributed by atoms with Gasteiger partial charge in [0.05, 0.1) is 35.5 Å². The topological polar surface area (TPSA) is 103 Å². The predicted octanol–water partition coefficient (Wildman–Crippen LogP) is 2.82. The number of likely N-dealkylation sites (N-methyl/N-ethyl adjacent to an activating group) is 1. The van der Waals surface area contributed by atoms with Crippen molar-refractivity contribution in [1.82, 2.24) is 20.0 Å². The number of methoxy groups -OCH3 is 1. The third kappa shape index (κ3) is 4.81. The van der Waals surface area contributed by atoms with Crippen LogP contribution < -0.4 is 10.1 Å². The molecule has 0 aliphatic heterocycles. The Labute approximate surface area is 174 Å². The fourth-order valence-electron chi connectivity index (χ4n) is 3.05. The number of nitro groups is 1. The average molecular weight is 409 g/mol. The van der Waals surface area contributed by atoms with Crippen LogP contribution in [0.5, 0.6) is 5.75 Å². The average Bonchev–Trinajstić information content (AvgIpc) is 3.24. The van der Waals surface area contributed by atoms with Gasteiger partial charge in [0.15, 0.2) is 0 Å². The second-order valence-electron chi connectivity index (χ2n) is 6.91. The van der Waals surface area contributed by atoms with E-state index in [-0.39, 0.29) is 17.6 Å². The third-order valence-corrected chi connectivity index (χ3v) is 4.73. The van der Waals surface area contributed by atoms with Gasteiger partial charge in [-0.15, -0.1) is 0 Å². The summed E-state index contributed by atoms with van der Waals surface area (Å²) in [6.07, 6.45) is 3.06. The Morgan fingerprint density at radius 3 is 2.63 bits per heavy atom. The van der Waals surface area contributed by atoms with Crippen LogP contribution in [0.2, 0.25) is 0 Å². The first kappa shape index (κ1) is 21.0. The standard InChI is InChI=1S/C21H23N5O4/c1-24(2)20(15-5-4-6-19(11-15)30-3)13-22-21(27)16-12-23-25(14-16)17-7-9-18(10-8-17)26(28)29/h4-12,14,20H,13H2,1-3H3,(H,22,27). The molecule has 1 N–H and O–H groups in total. The van der Waals surface area contributed by atoms with Crippen molar-refractivity contribution in [1.29, 1.82) is 0 Å². The van der Waals surface area contributed by atoms with E-state index < -0.39 is 4.92 Å². The molecule has 3 aromatic rings. The van der Waals surface area contributed by atoms with Gasteiger partial charge in [-0.2, -0.15) is 5.10 Å². The Balaban J connectivity index is 1.68. The third-order valence-electron chi connectivity index (χ3n) is 4.73. The van der Waals surface area contributed by atoms with Crippen LogP contribution in [-0.2, 0) is 0 Å². The molecular weight excluding hydrogens is 386 g/mol. The van der Waals surface area contributed by atoms with Gasteiger partial charge in [0.25, 0.3) is 11.6 Å². The van der Waals surface area contributed by atoms with Gasteiger partial charge in [-0.3, -0.25) is 14.9 Å². The maximum absolute atomic E-state index is 12.6. The van der Waals surface area contributed by atoms with E-state index in [4.69, 9.17) is 4.74 Å². The highest BCUT2D eigenvalue weighted by Crippen LogP contribution is 2.22. The molecule has 3 rings (SSSR count). The van der Waals surface area contributed by atoms with Crippen LogP contribution in [0.25, 0.3) is 5.69 Å². The molecule has 1 heterocycles. The van der Waals surface area contributed by atoms with Crippen molar-refractivity contribution >= 4 is 11.6 Å². The fraction of sp³-hybridized carbons (Fsp3) is 0.238. The van der Waals surface area contributed by atoms with Gasteiger partial charge in [-0.25, -0.2) is 4.68 Å². The number of ether oxygens (including phenoxy) is 1. The summed E-state index contributed by atoms with van der Waals surface area (Å²) in [6.45, 7) is 0.404. The molecule has 0 fully saturated rings. The van der Waals surface area contributed by atoms with Crippen LogP contribution in [0.4, 0.5) is 5.69 Å². The minimum absolute atomic E-state index is 0.00357. The molecule has 1 atom stereocenters. The summed E-state index contributed by atoms with van der Waals surface area (Å²) in [6, 6.07) is 13.7. The van der Waals surface area contributed by atoms with Crippen LogP contribution in [0.3, 0.4) is 0 Å². The molecule has 30 heavy (non-hydrogen) atoms. The van der Waals surface area contributed by atoms with E-state index in [0.717, 1.165) is 11.3 Å². The van der Waals surface area contributed by atoms with Crippen molar-refractivity contribution in [3.05, 3.63) is 82.2 Å². The highest BCUT2D eigenvalue weighted by Gasteiger charge is 2.17. The molecule has 156 valence electrons. The molecule has 0 aliphatic carbocycles. The highest BCUT2D eigenvalue weighted by atomic mass is 16.6. The van der Waals surface area contributed by atoms with Crippen molar-refractivity contribution < 1.29 is 14.5 Å². The first-order chi connectivity index (χ1) is 14.4. The number of nitrogens with one attached hydrogen (secondary N) is 1. The van der Waals surface area contributed by atoms with Gasteiger partial charge in [0, 0.05) is 24.9 Å². The lowest BCUT2D eigenvalue weighted by Crippen LogP contribution is -2.34. The van der Waals surface area contributed by atoms with E-state index in [1.807, 2.05) is 43.3 Å².